The van der Waals surface area contributed by atoms with Crippen molar-refractivity contribution in [1.82, 2.24) is 0 Å². The summed E-state index contributed by atoms with van der Waals surface area (Å²) in [6.07, 6.45) is 17.6. The zero-order valence-electron chi connectivity index (χ0n) is 18.6. The highest BCUT2D eigenvalue weighted by molar-refractivity contribution is 5.31. The van der Waals surface area contributed by atoms with E-state index in [-0.39, 0.29) is 5.75 Å². The van der Waals surface area contributed by atoms with Gasteiger partial charge in [-0.2, -0.15) is 8.78 Å². The van der Waals surface area contributed by atoms with Gasteiger partial charge in [-0.05, 0) is 124 Å². The zero-order chi connectivity index (χ0) is 21.8. The second-order valence-corrected chi connectivity index (χ2v) is 10.3. The van der Waals surface area contributed by atoms with Crippen LogP contribution in [-0.4, -0.2) is 6.61 Å². The van der Waals surface area contributed by atoms with Gasteiger partial charge in [0.1, 0.15) is 0 Å². The van der Waals surface area contributed by atoms with Crippen LogP contribution in [0.25, 0.3) is 0 Å². The summed E-state index contributed by atoms with van der Waals surface area (Å²) in [5.41, 5.74) is 0.930. The number of allylic oxidation sites excluding steroid dienone is 1. The van der Waals surface area contributed by atoms with E-state index in [0.717, 1.165) is 48.0 Å². The van der Waals surface area contributed by atoms with Crippen LogP contribution in [0.4, 0.5) is 13.2 Å². The molecule has 31 heavy (non-hydrogen) atoms. The molecule has 4 heteroatoms. The molecule has 172 valence electrons. The molecule has 3 saturated carbocycles. The Kier molecular flexibility index (Phi) is 7.66. The van der Waals surface area contributed by atoms with Crippen molar-refractivity contribution in [3.63, 3.8) is 0 Å². The second kappa shape index (κ2) is 10.4. The highest BCUT2D eigenvalue weighted by Gasteiger charge is 2.38. The first-order valence-corrected chi connectivity index (χ1v) is 12.4. The quantitative estimate of drug-likeness (QED) is 0.391. The molecular weight excluding hydrogens is 397 g/mol. The molecule has 0 heterocycles. The van der Waals surface area contributed by atoms with Crippen LogP contribution in [0.3, 0.4) is 0 Å². The van der Waals surface area contributed by atoms with Gasteiger partial charge in [0, 0.05) is 0 Å². The Morgan fingerprint density at radius 2 is 1.55 bits per heavy atom. The van der Waals surface area contributed by atoms with E-state index in [0.29, 0.717) is 5.92 Å². The van der Waals surface area contributed by atoms with Crippen LogP contribution < -0.4 is 4.74 Å². The Bertz CT molecular complexity index is 725. The third-order valence-corrected chi connectivity index (χ3v) is 8.62. The van der Waals surface area contributed by atoms with Crippen molar-refractivity contribution in [2.24, 2.45) is 29.6 Å². The summed E-state index contributed by atoms with van der Waals surface area (Å²) in [6.45, 7) is 0.887. The second-order valence-electron chi connectivity index (χ2n) is 10.3. The van der Waals surface area contributed by atoms with Gasteiger partial charge in [0.25, 0.3) is 0 Å². The average Bonchev–Trinajstić information content (AvgIpc) is 2.78. The van der Waals surface area contributed by atoms with Gasteiger partial charge in [0.05, 0.1) is 0 Å². The Hall–Kier alpha value is -1.45. The van der Waals surface area contributed by atoms with Crippen LogP contribution in [0.2, 0.25) is 0 Å². The van der Waals surface area contributed by atoms with Crippen molar-refractivity contribution in [3.05, 3.63) is 42.2 Å². The molecule has 1 aromatic rings. The number of ether oxygens (including phenoxy) is 1. The van der Waals surface area contributed by atoms with Gasteiger partial charge in [-0.3, -0.25) is 0 Å². The fraction of sp³-hybridized carbons (Fsp3) is 0.704. The third-order valence-electron chi connectivity index (χ3n) is 8.62. The molecule has 0 radical (unpaired) electrons. The van der Waals surface area contributed by atoms with Gasteiger partial charge in [-0.25, -0.2) is 4.39 Å². The summed E-state index contributed by atoms with van der Waals surface area (Å²) < 4.78 is 43.1. The molecule has 0 saturated heterocycles. The van der Waals surface area contributed by atoms with Crippen molar-refractivity contribution in [1.29, 1.82) is 0 Å². The maximum Gasteiger partial charge on any atom is 0.387 e. The largest absolute Gasteiger partial charge is 0.432 e. The zero-order valence-corrected chi connectivity index (χ0v) is 18.6. The number of hydrogen-bond donors (Lipinski definition) is 0. The van der Waals surface area contributed by atoms with E-state index in [2.05, 4.69) is 17.4 Å². The van der Waals surface area contributed by atoms with Crippen molar-refractivity contribution in [3.8, 4) is 5.75 Å². The van der Waals surface area contributed by atoms with Gasteiger partial charge < -0.3 is 4.74 Å². The lowest BCUT2D eigenvalue weighted by atomic mass is 9.60. The van der Waals surface area contributed by atoms with Gasteiger partial charge in [0.2, 0.25) is 0 Å². The summed E-state index contributed by atoms with van der Waals surface area (Å²) in [5.74, 6) is 3.78. The smallest absolute Gasteiger partial charge is 0.387 e. The molecule has 1 nitrogen and oxygen atoms in total. The van der Waals surface area contributed by atoms with E-state index < -0.39 is 12.4 Å². The minimum Gasteiger partial charge on any atom is -0.432 e. The Balaban J connectivity index is 1.26. The van der Waals surface area contributed by atoms with Crippen molar-refractivity contribution in [2.75, 3.05) is 0 Å². The van der Waals surface area contributed by atoms with Crippen LogP contribution in [0.5, 0.6) is 5.75 Å². The molecular formula is C27H37F3O. The van der Waals surface area contributed by atoms with Crippen molar-refractivity contribution in [2.45, 2.75) is 89.6 Å². The summed E-state index contributed by atoms with van der Waals surface area (Å²) in [6, 6.07) is 4.52. The molecule has 0 aliphatic heterocycles. The first-order valence-electron chi connectivity index (χ1n) is 12.4. The number of alkyl halides is 2. The topological polar surface area (TPSA) is 9.23 Å². The van der Waals surface area contributed by atoms with E-state index in [4.69, 9.17) is 0 Å². The summed E-state index contributed by atoms with van der Waals surface area (Å²) in [5, 5.41) is 0. The summed E-state index contributed by atoms with van der Waals surface area (Å²) in [7, 11) is 0. The lowest BCUT2D eigenvalue weighted by Crippen LogP contribution is -2.34. The first kappa shape index (κ1) is 22.7. The Labute approximate surface area is 185 Å². The maximum absolute atomic E-state index is 14.1. The summed E-state index contributed by atoms with van der Waals surface area (Å²) >= 11 is 0. The molecule has 4 atom stereocenters. The number of benzene rings is 1. The Morgan fingerprint density at radius 1 is 0.903 bits per heavy atom. The fourth-order valence-electron chi connectivity index (χ4n) is 6.95. The number of halogens is 3. The van der Waals surface area contributed by atoms with Gasteiger partial charge in [-0.1, -0.05) is 18.6 Å². The van der Waals surface area contributed by atoms with Crippen LogP contribution in [0.15, 0.2) is 30.9 Å². The molecule has 0 N–H and O–H groups in total. The van der Waals surface area contributed by atoms with Crippen LogP contribution in [0.1, 0.15) is 88.5 Å². The predicted molar refractivity (Wildman–Crippen MR) is 119 cm³/mol. The minimum absolute atomic E-state index is 0.336. The van der Waals surface area contributed by atoms with Crippen LogP contribution in [-0.2, 0) is 0 Å². The van der Waals surface area contributed by atoms with Crippen molar-refractivity contribution < 1.29 is 17.9 Å². The first-order chi connectivity index (χ1) is 15.0. The average molecular weight is 435 g/mol. The lowest BCUT2D eigenvalue weighted by Gasteiger charge is -2.45. The van der Waals surface area contributed by atoms with Gasteiger partial charge in [-0.15, -0.1) is 6.58 Å². The SMILES string of the molecule is C=CCCC1CCC2CC(C3CCC(c4ccc(OC(F)F)c(F)c4)CC3)CCC2C1. The maximum atomic E-state index is 14.1. The molecule has 0 amide bonds. The molecule has 0 spiro atoms. The van der Waals surface area contributed by atoms with E-state index >= 15 is 0 Å². The molecule has 0 aromatic heterocycles. The van der Waals surface area contributed by atoms with Gasteiger partial charge in [0.15, 0.2) is 11.6 Å². The lowest BCUT2D eigenvalue weighted by molar-refractivity contribution is -0.0522. The van der Waals surface area contributed by atoms with Crippen LogP contribution >= 0.6 is 0 Å². The van der Waals surface area contributed by atoms with Crippen molar-refractivity contribution >= 4 is 0 Å². The molecule has 4 unspecified atom stereocenters. The number of rotatable bonds is 7. The standard InChI is InChI=1S/C27H37F3O/c1-2-3-4-18-5-6-23-16-22(12-11-21(23)15-18)19-7-9-20(10-8-19)24-13-14-26(25(28)17-24)31-27(29)30/h2,13-14,17-23,27H,1,3-12,15-16H2. The molecule has 3 fully saturated rings. The van der Waals surface area contributed by atoms with Crippen LogP contribution in [0, 0.1) is 35.4 Å². The number of hydrogen-bond acceptors (Lipinski definition) is 1. The molecule has 0 bridgehead atoms. The van der Waals surface area contributed by atoms with E-state index in [1.165, 1.54) is 76.3 Å². The number of fused-ring (bicyclic) bond motifs is 1. The summed E-state index contributed by atoms with van der Waals surface area (Å²) in [4.78, 5) is 0. The highest BCUT2D eigenvalue weighted by Crippen LogP contribution is 2.50. The molecule has 1 aromatic carbocycles. The van der Waals surface area contributed by atoms with E-state index in [1.54, 1.807) is 6.07 Å². The third kappa shape index (κ3) is 5.68. The van der Waals surface area contributed by atoms with Gasteiger partial charge >= 0.3 is 6.61 Å². The normalized spacial score (nSPS) is 33.7. The minimum atomic E-state index is -2.99. The Morgan fingerprint density at radius 3 is 2.23 bits per heavy atom. The van der Waals surface area contributed by atoms with E-state index in [9.17, 15) is 13.2 Å². The fourth-order valence-corrected chi connectivity index (χ4v) is 6.95. The molecule has 4 rings (SSSR count). The molecule has 3 aliphatic carbocycles. The highest BCUT2D eigenvalue weighted by atomic mass is 19.3. The van der Waals surface area contributed by atoms with E-state index in [1.807, 2.05) is 0 Å². The monoisotopic (exact) mass is 434 g/mol. The molecule has 3 aliphatic rings. The predicted octanol–water partition coefficient (Wildman–Crippen LogP) is 8.50.